The number of nitrogens with one attached hydrogen (secondary N) is 1. The van der Waals surface area contributed by atoms with Crippen LogP contribution in [0.2, 0.25) is 5.02 Å². The summed E-state index contributed by atoms with van der Waals surface area (Å²) < 4.78 is 0. The number of allylic oxidation sites excluding steroid dienone is 2. The first-order valence-corrected chi connectivity index (χ1v) is 5.77. The fourth-order valence-corrected chi connectivity index (χ4v) is 1.98. The Bertz CT molecular complexity index is 529. The molecule has 0 heterocycles. The highest BCUT2D eigenvalue weighted by Gasteiger charge is 2.10. The third kappa shape index (κ3) is 2.86. The summed E-state index contributed by atoms with van der Waals surface area (Å²) in [5.74, 6) is 0.151. The van der Waals surface area contributed by atoms with Crippen LogP contribution in [-0.4, -0.2) is 5.78 Å². The van der Waals surface area contributed by atoms with Crippen molar-refractivity contribution in [2.75, 3.05) is 5.32 Å². The molecule has 86 valence electrons. The van der Waals surface area contributed by atoms with Crippen molar-refractivity contribution in [1.82, 2.24) is 0 Å². The molecule has 1 aromatic carbocycles. The van der Waals surface area contributed by atoms with Crippen LogP contribution in [0.4, 0.5) is 5.69 Å². The Balaban J connectivity index is 2.17. The molecule has 0 saturated carbocycles. The van der Waals surface area contributed by atoms with Crippen molar-refractivity contribution in [1.29, 1.82) is 5.26 Å². The summed E-state index contributed by atoms with van der Waals surface area (Å²) in [5, 5.41) is 12.3. The molecule has 0 unspecified atom stereocenters. The second kappa shape index (κ2) is 5.03. The van der Waals surface area contributed by atoms with E-state index in [1.54, 1.807) is 24.3 Å². The zero-order valence-electron chi connectivity index (χ0n) is 9.16. The van der Waals surface area contributed by atoms with Crippen molar-refractivity contribution >= 4 is 23.1 Å². The highest BCUT2D eigenvalue weighted by atomic mass is 35.5. The summed E-state index contributed by atoms with van der Waals surface area (Å²) in [6.45, 7) is 0. The molecule has 3 nitrogen and oxygen atoms in total. The Kier molecular flexibility index (Phi) is 3.46. The smallest absolute Gasteiger partial charge is 0.157 e. The summed E-state index contributed by atoms with van der Waals surface area (Å²) in [6, 6.07) is 7.14. The molecule has 0 aromatic heterocycles. The largest absolute Gasteiger partial charge is 0.359 e. The van der Waals surface area contributed by atoms with Crippen molar-refractivity contribution < 1.29 is 4.79 Å². The van der Waals surface area contributed by atoms with Crippen LogP contribution in [0, 0.1) is 11.3 Å². The number of nitrogens with zero attached hydrogens (tertiary/aromatic N) is 1. The van der Waals surface area contributed by atoms with E-state index < -0.39 is 0 Å². The summed E-state index contributed by atoms with van der Waals surface area (Å²) >= 11 is 5.93. The Morgan fingerprint density at radius 1 is 1.35 bits per heavy atom. The number of hydrogen-bond donors (Lipinski definition) is 1. The highest BCUT2D eigenvalue weighted by Crippen LogP contribution is 2.23. The lowest BCUT2D eigenvalue weighted by Crippen LogP contribution is -2.09. The van der Waals surface area contributed by atoms with Gasteiger partial charge in [0.1, 0.15) is 6.07 Å². The number of halogens is 1. The van der Waals surface area contributed by atoms with Crippen molar-refractivity contribution in [2.45, 2.75) is 19.3 Å². The number of hydrogen-bond acceptors (Lipinski definition) is 3. The van der Waals surface area contributed by atoms with E-state index in [0.29, 0.717) is 17.0 Å². The number of carbonyl (C=O) groups excluding carboxylic acids is 1. The Hall–Kier alpha value is -1.79. The Morgan fingerprint density at radius 2 is 2.18 bits per heavy atom. The fraction of sp³-hybridized carbons (Fsp3) is 0.231. The SMILES string of the molecule is N#Cc1ccc(NC2=CC(=O)CCC2)cc1Cl. The number of nitriles is 1. The second-order valence-electron chi connectivity index (χ2n) is 3.92. The van der Waals surface area contributed by atoms with Gasteiger partial charge in [-0.3, -0.25) is 4.79 Å². The third-order valence-electron chi connectivity index (χ3n) is 2.60. The van der Waals surface area contributed by atoms with Gasteiger partial charge in [-0.1, -0.05) is 11.6 Å². The lowest BCUT2D eigenvalue weighted by molar-refractivity contribution is -0.115. The number of rotatable bonds is 2. The highest BCUT2D eigenvalue weighted by molar-refractivity contribution is 6.32. The minimum atomic E-state index is 0.151. The lowest BCUT2D eigenvalue weighted by atomic mass is 10.0. The van der Waals surface area contributed by atoms with Crippen LogP contribution < -0.4 is 5.32 Å². The predicted molar refractivity (Wildman–Crippen MR) is 66.7 cm³/mol. The quantitative estimate of drug-likeness (QED) is 0.871. The molecular formula is C13H11ClN2O. The maximum Gasteiger partial charge on any atom is 0.157 e. The van der Waals surface area contributed by atoms with Crippen LogP contribution in [0.15, 0.2) is 30.0 Å². The summed E-state index contributed by atoms with van der Waals surface area (Å²) in [6.07, 6.45) is 4.00. The zero-order valence-corrected chi connectivity index (χ0v) is 9.92. The number of anilines is 1. The lowest BCUT2D eigenvalue weighted by Gasteiger charge is -2.14. The molecule has 4 heteroatoms. The van der Waals surface area contributed by atoms with E-state index in [0.717, 1.165) is 24.2 Å². The molecule has 17 heavy (non-hydrogen) atoms. The van der Waals surface area contributed by atoms with Gasteiger partial charge in [-0.15, -0.1) is 0 Å². The van der Waals surface area contributed by atoms with Gasteiger partial charge in [-0.2, -0.15) is 5.26 Å². The van der Waals surface area contributed by atoms with Gasteiger partial charge in [-0.05, 0) is 31.0 Å². The fourth-order valence-electron chi connectivity index (χ4n) is 1.76. The monoisotopic (exact) mass is 246 g/mol. The molecule has 0 fully saturated rings. The van der Waals surface area contributed by atoms with Gasteiger partial charge < -0.3 is 5.32 Å². The van der Waals surface area contributed by atoms with E-state index in [1.807, 2.05) is 6.07 Å². The van der Waals surface area contributed by atoms with E-state index in [4.69, 9.17) is 16.9 Å². The first-order valence-electron chi connectivity index (χ1n) is 5.39. The van der Waals surface area contributed by atoms with E-state index in [-0.39, 0.29) is 5.78 Å². The minimum Gasteiger partial charge on any atom is -0.359 e. The number of benzene rings is 1. The first-order chi connectivity index (χ1) is 8.19. The van der Waals surface area contributed by atoms with E-state index in [2.05, 4.69) is 5.32 Å². The zero-order chi connectivity index (χ0) is 12.3. The molecule has 0 saturated heterocycles. The van der Waals surface area contributed by atoms with Crippen molar-refractivity contribution in [2.24, 2.45) is 0 Å². The molecule has 0 aliphatic heterocycles. The van der Waals surface area contributed by atoms with Crippen molar-refractivity contribution in [3.63, 3.8) is 0 Å². The number of ketones is 1. The first kappa shape index (κ1) is 11.7. The molecule has 0 radical (unpaired) electrons. The van der Waals surface area contributed by atoms with Gasteiger partial charge >= 0.3 is 0 Å². The van der Waals surface area contributed by atoms with Crippen LogP contribution in [0.25, 0.3) is 0 Å². The average Bonchev–Trinajstić information content (AvgIpc) is 2.29. The predicted octanol–water partition coefficient (Wildman–Crippen LogP) is 3.26. The van der Waals surface area contributed by atoms with Gasteiger partial charge in [0.05, 0.1) is 10.6 Å². The maximum absolute atomic E-state index is 11.2. The Labute approximate surface area is 105 Å². The van der Waals surface area contributed by atoms with Gasteiger partial charge in [0.15, 0.2) is 5.78 Å². The van der Waals surface area contributed by atoms with E-state index in [1.165, 1.54) is 0 Å². The van der Waals surface area contributed by atoms with Gasteiger partial charge in [0.2, 0.25) is 0 Å². The van der Waals surface area contributed by atoms with Crippen molar-refractivity contribution in [3.8, 4) is 6.07 Å². The molecule has 2 rings (SSSR count). The third-order valence-corrected chi connectivity index (χ3v) is 2.91. The molecule has 1 aliphatic carbocycles. The molecule has 1 N–H and O–H groups in total. The van der Waals surface area contributed by atoms with Gasteiger partial charge in [0, 0.05) is 23.9 Å². The van der Waals surface area contributed by atoms with Crippen LogP contribution in [0.5, 0.6) is 0 Å². The Morgan fingerprint density at radius 3 is 2.82 bits per heavy atom. The minimum absolute atomic E-state index is 0.151. The molecule has 1 aliphatic rings. The van der Waals surface area contributed by atoms with Gasteiger partial charge in [0.25, 0.3) is 0 Å². The van der Waals surface area contributed by atoms with E-state index in [9.17, 15) is 4.79 Å². The standard InChI is InChI=1S/C13H11ClN2O/c14-13-7-11(5-4-9(13)8-15)16-10-2-1-3-12(17)6-10/h4-7,16H,1-3H2. The van der Waals surface area contributed by atoms with Gasteiger partial charge in [-0.25, -0.2) is 0 Å². The summed E-state index contributed by atoms with van der Waals surface area (Å²) in [5.41, 5.74) is 2.16. The molecule has 0 atom stereocenters. The van der Waals surface area contributed by atoms with Crippen LogP contribution in [0.3, 0.4) is 0 Å². The maximum atomic E-state index is 11.2. The molecule has 0 bridgehead atoms. The number of carbonyl (C=O) groups is 1. The van der Waals surface area contributed by atoms with Crippen LogP contribution in [0.1, 0.15) is 24.8 Å². The molecule has 0 amide bonds. The topological polar surface area (TPSA) is 52.9 Å². The van der Waals surface area contributed by atoms with Crippen LogP contribution >= 0.6 is 11.6 Å². The van der Waals surface area contributed by atoms with E-state index >= 15 is 0 Å². The van der Waals surface area contributed by atoms with Crippen molar-refractivity contribution in [3.05, 3.63) is 40.6 Å². The second-order valence-corrected chi connectivity index (χ2v) is 4.33. The van der Waals surface area contributed by atoms with Crippen LogP contribution in [-0.2, 0) is 4.79 Å². The summed E-state index contributed by atoms with van der Waals surface area (Å²) in [7, 11) is 0. The normalized spacial score (nSPS) is 15.1. The average molecular weight is 247 g/mol. The molecule has 1 aromatic rings. The molecule has 0 spiro atoms. The summed E-state index contributed by atoms with van der Waals surface area (Å²) in [4.78, 5) is 11.2. The molecular weight excluding hydrogens is 236 g/mol.